The van der Waals surface area contributed by atoms with Gasteiger partial charge in [-0.25, -0.2) is 9.37 Å². The van der Waals surface area contributed by atoms with Crippen LogP contribution in [0, 0.1) is 19.7 Å². The fourth-order valence-corrected chi connectivity index (χ4v) is 4.36. The van der Waals surface area contributed by atoms with Crippen molar-refractivity contribution in [2.75, 3.05) is 0 Å². The van der Waals surface area contributed by atoms with E-state index in [1.807, 2.05) is 12.1 Å². The molecule has 0 bridgehead atoms. The Balaban J connectivity index is 1.89. The standard InChI is InChI=1S/C28H31FN2O/c1-18-7-11-22(12-8-18)26-24-15-16-31(17-21-9-13-23(29)14-10-21)27(24)30-19(2)25(26)20(3)32-28(4,5)6/h7-16,20H,17H2,1-6H3. The van der Waals surface area contributed by atoms with Crippen molar-refractivity contribution in [2.24, 2.45) is 0 Å². The lowest BCUT2D eigenvalue weighted by atomic mass is 9.92. The van der Waals surface area contributed by atoms with Crippen molar-refractivity contribution in [3.8, 4) is 11.1 Å². The fourth-order valence-electron chi connectivity index (χ4n) is 4.36. The summed E-state index contributed by atoms with van der Waals surface area (Å²) in [5.74, 6) is -0.223. The average Bonchev–Trinajstić information content (AvgIpc) is 3.10. The summed E-state index contributed by atoms with van der Waals surface area (Å²) in [6.07, 6.45) is 1.96. The summed E-state index contributed by atoms with van der Waals surface area (Å²) < 4.78 is 21.8. The third-order valence-electron chi connectivity index (χ3n) is 5.68. The van der Waals surface area contributed by atoms with Gasteiger partial charge in [0, 0.05) is 34.9 Å². The Kier molecular flexibility index (Phi) is 5.91. The number of ether oxygens (including phenoxy) is 1. The first kappa shape index (κ1) is 22.2. The van der Waals surface area contributed by atoms with Crippen molar-refractivity contribution < 1.29 is 9.13 Å². The van der Waals surface area contributed by atoms with E-state index in [1.54, 1.807) is 0 Å². The molecule has 0 aliphatic rings. The Bertz CT molecular complexity index is 1230. The highest BCUT2D eigenvalue weighted by Crippen LogP contribution is 2.39. The molecule has 0 aliphatic heterocycles. The van der Waals surface area contributed by atoms with Gasteiger partial charge in [0.25, 0.3) is 0 Å². The lowest BCUT2D eigenvalue weighted by molar-refractivity contribution is -0.0530. The van der Waals surface area contributed by atoms with Crippen LogP contribution in [0.5, 0.6) is 0 Å². The highest BCUT2D eigenvalue weighted by molar-refractivity contribution is 5.96. The topological polar surface area (TPSA) is 27.1 Å². The van der Waals surface area contributed by atoms with Gasteiger partial charge in [-0.05, 0) is 70.9 Å². The summed E-state index contributed by atoms with van der Waals surface area (Å²) in [7, 11) is 0. The number of rotatable bonds is 5. The number of pyridine rings is 1. The molecule has 4 heteroatoms. The van der Waals surface area contributed by atoms with E-state index < -0.39 is 0 Å². The van der Waals surface area contributed by atoms with Crippen molar-refractivity contribution in [1.29, 1.82) is 0 Å². The zero-order valence-electron chi connectivity index (χ0n) is 19.7. The van der Waals surface area contributed by atoms with Gasteiger partial charge in [-0.3, -0.25) is 0 Å². The summed E-state index contributed by atoms with van der Waals surface area (Å²) in [4.78, 5) is 5.01. The first-order chi connectivity index (χ1) is 15.1. The molecule has 0 fully saturated rings. The summed E-state index contributed by atoms with van der Waals surface area (Å²) >= 11 is 0. The van der Waals surface area contributed by atoms with Crippen molar-refractivity contribution in [3.63, 3.8) is 0 Å². The van der Waals surface area contributed by atoms with Gasteiger partial charge in [0.2, 0.25) is 0 Å². The molecule has 1 unspecified atom stereocenters. The quantitative estimate of drug-likeness (QED) is 0.330. The van der Waals surface area contributed by atoms with E-state index in [4.69, 9.17) is 9.72 Å². The second-order valence-corrected chi connectivity index (χ2v) is 9.53. The second-order valence-electron chi connectivity index (χ2n) is 9.53. The molecule has 2 heterocycles. The Morgan fingerprint density at radius 2 is 1.62 bits per heavy atom. The Morgan fingerprint density at radius 1 is 0.969 bits per heavy atom. The lowest BCUT2D eigenvalue weighted by Crippen LogP contribution is -2.22. The van der Waals surface area contributed by atoms with Crippen LogP contribution in [0.1, 0.15) is 56.2 Å². The van der Waals surface area contributed by atoms with E-state index in [2.05, 4.69) is 82.6 Å². The Labute approximate surface area is 189 Å². The maximum absolute atomic E-state index is 13.3. The third-order valence-corrected chi connectivity index (χ3v) is 5.68. The number of halogens is 1. The average molecular weight is 431 g/mol. The number of hydrogen-bond donors (Lipinski definition) is 0. The van der Waals surface area contributed by atoms with Crippen LogP contribution in [0.25, 0.3) is 22.2 Å². The van der Waals surface area contributed by atoms with Crippen LogP contribution in [0.15, 0.2) is 60.8 Å². The molecule has 166 valence electrons. The zero-order chi connectivity index (χ0) is 23.0. The van der Waals surface area contributed by atoms with Gasteiger partial charge in [-0.2, -0.15) is 0 Å². The van der Waals surface area contributed by atoms with Crippen LogP contribution in [0.4, 0.5) is 4.39 Å². The summed E-state index contributed by atoms with van der Waals surface area (Å²) in [5, 5.41) is 1.10. The van der Waals surface area contributed by atoms with Crippen LogP contribution in [0.3, 0.4) is 0 Å². The predicted octanol–water partition coefficient (Wildman–Crippen LogP) is 7.38. The largest absolute Gasteiger partial charge is 0.368 e. The van der Waals surface area contributed by atoms with Crippen molar-refractivity contribution >= 4 is 11.0 Å². The first-order valence-corrected chi connectivity index (χ1v) is 11.1. The smallest absolute Gasteiger partial charge is 0.141 e. The van der Waals surface area contributed by atoms with E-state index >= 15 is 0 Å². The van der Waals surface area contributed by atoms with Crippen LogP contribution in [0.2, 0.25) is 0 Å². The zero-order valence-corrected chi connectivity index (χ0v) is 19.7. The summed E-state index contributed by atoms with van der Waals surface area (Å²) in [6, 6.07) is 17.4. The normalized spacial score (nSPS) is 13.0. The van der Waals surface area contributed by atoms with E-state index in [1.165, 1.54) is 23.3 Å². The number of benzene rings is 2. The number of aryl methyl sites for hydroxylation is 2. The lowest BCUT2D eigenvalue weighted by Gasteiger charge is -2.28. The molecule has 0 radical (unpaired) electrons. The van der Waals surface area contributed by atoms with Crippen LogP contribution in [-0.2, 0) is 11.3 Å². The molecular formula is C28H31FN2O. The minimum Gasteiger partial charge on any atom is -0.368 e. The molecular weight excluding hydrogens is 399 g/mol. The van der Waals surface area contributed by atoms with Crippen molar-refractivity contribution in [2.45, 2.75) is 59.8 Å². The van der Waals surface area contributed by atoms with Gasteiger partial charge in [0.1, 0.15) is 11.5 Å². The van der Waals surface area contributed by atoms with E-state index in [0.717, 1.165) is 33.4 Å². The molecule has 4 aromatic rings. The molecule has 4 rings (SSSR count). The SMILES string of the molecule is Cc1ccc(-c2c(C(C)OC(C)(C)C)c(C)nc3c2ccn3Cc2ccc(F)cc2)cc1. The Hall–Kier alpha value is -2.98. The maximum atomic E-state index is 13.3. The van der Waals surface area contributed by atoms with Gasteiger partial charge in [0.05, 0.1) is 11.7 Å². The number of fused-ring (bicyclic) bond motifs is 1. The van der Waals surface area contributed by atoms with Crippen LogP contribution >= 0.6 is 0 Å². The van der Waals surface area contributed by atoms with E-state index in [0.29, 0.717) is 6.54 Å². The summed E-state index contributed by atoms with van der Waals surface area (Å²) in [5.41, 5.74) is 7.33. The molecule has 0 saturated carbocycles. The van der Waals surface area contributed by atoms with Gasteiger partial charge in [-0.1, -0.05) is 42.0 Å². The van der Waals surface area contributed by atoms with Crippen LogP contribution < -0.4 is 0 Å². The third kappa shape index (κ3) is 4.61. The molecule has 1 atom stereocenters. The van der Waals surface area contributed by atoms with Gasteiger partial charge < -0.3 is 9.30 Å². The van der Waals surface area contributed by atoms with E-state index in [9.17, 15) is 4.39 Å². The summed E-state index contributed by atoms with van der Waals surface area (Å²) in [6.45, 7) is 13.1. The highest BCUT2D eigenvalue weighted by Gasteiger charge is 2.25. The minimum atomic E-state index is -0.264. The molecule has 0 N–H and O–H groups in total. The van der Waals surface area contributed by atoms with Gasteiger partial charge in [0.15, 0.2) is 0 Å². The first-order valence-electron chi connectivity index (χ1n) is 11.1. The number of aromatic nitrogens is 2. The van der Waals surface area contributed by atoms with E-state index in [-0.39, 0.29) is 17.5 Å². The molecule has 2 aromatic carbocycles. The number of nitrogens with zero attached hydrogens (tertiary/aromatic N) is 2. The molecule has 2 aromatic heterocycles. The monoisotopic (exact) mass is 430 g/mol. The molecule has 0 aliphatic carbocycles. The maximum Gasteiger partial charge on any atom is 0.141 e. The molecule has 0 amide bonds. The van der Waals surface area contributed by atoms with Crippen molar-refractivity contribution in [1.82, 2.24) is 9.55 Å². The minimum absolute atomic E-state index is 0.108. The predicted molar refractivity (Wildman–Crippen MR) is 129 cm³/mol. The van der Waals surface area contributed by atoms with Gasteiger partial charge >= 0.3 is 0 Å². The molecule has 0 saturated heterocycles. The molecule has 3 nitrogen and oxygen atoms in total. The fraction of sp³-hybridized carbons (Fsp3) is 0.321. The van der Waals surface area contributed by atoms with Crippen molar-refractivity contribution in [3.05, 3.63) is 89.0 Å². The second kappa shape index (κ2) is 8.51. The number of hydrogen-bond acceptors (Lipinski definition) is 2. The van der Waals surface area contributed by atoms with Gasteiger partial charge in [-0.15, -0.1) is 0 Å². The highest BCUT2D eigenvalue weighted by atomic mass is 19.1. The van der Waals surface area contributed by atoms with Crippen LogP contribution in [-0.4, -0.2) is 15.2 Å². The molecule has 0 spiro atoms. The molecule has 32 heavy (non-hydrogen) atoms. The Morgan fingerprint density at radius 3 is 2.25 bits per heavy atom.